The molecule has 4 aromatic rings. The summed E-state index contributed by atoms with van der Waals surface area (Å²) in [6.07, 6.45) is 4.22. The van der Waals surface area contributed by atoms with Crippen molar-refractivity contribution in [1.29, 1.82) is 0 Å². The molecule has 0 bridgehead atoms. The molecule has 1 amide bonds. The molecule has 32 heavy (non-hydrogen) atoms. The fraction of sp³-hybridized carbons (Fsp3) is 0.280. The van der Waals surface area contributed by atoms with E-state index in [1.165, 1.54) is 12.1 Å². The van der Waals surface area contributed by atoms with E-state index in [0.29, 0.717) is 36.5 Å². The fourth-order valence-corrected chi connectivity index (χ4v) is 4.29. The minimum absolute atomic E-state index is 0.0548. The number of fused-ring (bicyclic) bond motifs is 1. The first kappa shape index (κ1) is 20.3. The maximum atomic E-state index is 13.5. The second-order valence-corrected chi connectivity index (χ2v) is 8.19. The van der Waals surface area contributed by atoms with Crippen LogP contribution >= 0.6 is 0 Å². The Morgan fingerprint density at radius 2 is 2.09 bits per heavy atom. The minimum atomic E-state index is -0.317. The maximum absolute atomic E-state index is 13.5. The molecule has 1 atom stereocenters. The molecule has 2 aromatic carbocycles. The summed E-state index contributed by atoms with van der Waals surface area (Å²) in [6.45, 7) is 1.23. The van der Waals surface area contributed by atoms with E-state index in [1.807, 2.05) is 29.2 Å². The van der Waals surface area contributed by atoms with Crippen molar-refractivity contribution in [2.24, 2.45) is 0 Å². The number of aromatic nitrogens is 2. The fourth-order valence-electron chi connectivity index (χ4n) is 4.29. The van der Waals surface area contributed by atoms with Gasteiger partial charge in [0.2, 0.25) is 0 Å². The molecule has 0 aliphatic carbocycles. The van der Waals surface area contributed by atoms with E-state index in [0.717, 1.165) is 35.4 Å². The average molecular weight is 433 g/mol. The lowest BCUT2D eigenvalue weighted by Gasteiger charge is -2.31. The molecule has 164 valence electrons. The first-order valence-corrected chi connectivity index (χ1v) is 10.7. The highest BCUT2D eigenvalue weighted by atomic mass is 19.1. The number of likely N-dealkylation sites (tertiary alicyclic amines) is 1. The van der Waals surface area contributed by atoms with Gasteiger partial charge in [-0.1, -0.05) is 12.1 Å². The topological polar surface area (TPSA) is 71.4 Å². The minimum Gasteiger partial charge on any atom is -0.497 e. The second-order valence-electron chi connectivity index (χ2n) is 8.19. The molecule has 0 unspecified atom stereocenters. The van der Waals surface area contributed by atoms with Gasteiger partial charge in [0.05, 0.1) is 19.2 Å². The largest absolute Gasteiger partial charge is 0.497 e. The van der Waals surface area contributed by atoms with Gasteiger partial charge in [0, 0.05) is 30.4 Å². The third kappa shape index (κ3) is 4.10. The summed E-state index contributed by atoms with van der Waals surface area (Å²) in [5.74, 6) is 1.94. The van der Waals surface area contributed by atoms with E-state index < -0.39 is 0 Å². The first-order chi connectivity index (χ1) is 15.6. The number of halogens is 1. The predicted octanol–water partition coefficient (Wildman–Crippen LogP) is 4.91. The number of hydrogen-bond acceptors (Lipinski definition) is 4. The van der Waals surface area contributed by atoms with Gasteiger partial charge in [-0.15, -0.1) is 0 Å². The van der Waals surface area contributed by atoms with E-state index in [2.05, 4.69) is 9.97 Å². The van der Waals surface area contributed by atoms with Crippen molar-refractivity contribution in [2.75, 3.05) is 20.2 Å². The lowest BCUT2D eigenvalue weighted by Crippen LogP contribution is -2.39. The number of piperidine rings is 1. The Kier molecular flexibility index (Phi) is 5.39. The van der Waals surface area contributed by atoms with Crippen molar-refractivity contribution in [1.82, 2.24) is 14.9 Å². The highest BCUT2D eigenvalue weighted by molar-refractivity contribution is 5.98. The smallest absolute Gasteiger partial charge is 0.270 e. The van der Waals surface area contributed by atoms with Crippen LogP contribution in [0.15, 0.2) is 59.1 Å². The van der Waals surface area contributed by atoms with Gasteiger partial charge in [-0.3, -0.25) is 4.79 Å². The van der Waals surface area contributed by atoms with Crippen LogP contribution in [0.4, 0.5) is 4.39 Å². The summed E-state index contributed by atoms with van der Waals surface area (Å²) in [5.41, 5.74) is 2.34. The maximum Gasteiger partial charge on any atom is 0.270 e. The summed E-state index contributed by atoms with van der Waals surface area (Å²) >= 11 is 0. The Morgan fingerprint density at radius 3 is 2.91 bits per heavy atom. The van der Waals surface area contributed by atoms with Crippen molar-refractivity contribution in [2.45, 2.75) is 25.2 Å². The summed E-state index contributed by atoms with van der Waals surface area (Å²) in [4.78, 5) is 22.5. The molecular weight excluding hydrogens is 409 g/mol. The summed E-state index contributed by atoms with van der Waals surface area (Å²) in [5, 5.41) is 0.692. The number of rotatable bonds is 5. The van der Waals surface area contributed by atoms with Crippen LogP contribution in [0.5, 0.6) is 5.75 Å². The van der Waals surface area contributed by atoms with Crippen LogP contribution in [0, 0.1) is 5.82 Å². The van der Waals surface area contributed by atoms with Gasteiger partial charge in [0.25, 0.3) is 5.91 Å². The number of oxazole rings is 1. The third-order valence-electron chi connectivity index (χ3n) is 5.98. The molecule has 0 spiro atoms. The number of aromatic amines is 1. The number of nitrogens with one attached hydrogen (secondary N) is 1. The zero-order valence-electron chi connectivity index (χ0n) is 17.8. The van der Waals surface area contributed by atoms with Crippen molar-refractivity contribution in [3.8, 4) is 5.75 Å². The van der Waals surface area contributed by atoms with Crippen molar-refractivity contribution >= 4 is 16.8 Å². The summed E-state index contributed by atoms with van der Waals surface area (Å²) < 4.78 is 24.7. The Morgan fingerprint density at radius 1 is 1.25 bits per heavy atom. The van der Waals surface area contributed by atoms with Gasteiger partial charge >= 0.3 is 0 Å². The standard InChI is InChI=1S/C25H24FN3O3/c1-31-20-7-4-16(5-8-20)11-21-14-27-24(32-21)17-3-2-10-29(15-17)25(30)23-13-18-12-19(26)6-9-22(18)28-23/h4-9,12-14,17,28H,2-3,10-11,15H2,1H3/t17-/m0/s1. The molecule has 6 nitrogen and oxygen atoms in total. The van der Waals surface area contributed by atoms with Gasteiger partial charge in [-0.2, -0.15) is 0 Å². The molecule has 7 heteroatoms. The van der Waals surface area contributed by atoms with Gasteiger partial charge in [-0.05, 0) is 54.8 Å². The SMILES string of the molecule is COc1ccc(Cc2cnc([C@H]3CCCN(C(=O)c4cc5cc(F)ccc5[nH]4)C3)o2)cc1. The summed E-state index contributed by atoms with van der Waals surface area (Å²) in [6, 6.07) is 14.0. The normalized spacial score (nSPS) is 16.4. The van der Waals surface area contributed by atoms with Crippen LogP contribution in [0.1, 0.15) is 46.5 Å². The summed E-state index contributed by atoms with van der Waals surface area (Å²) in [7, 11) is 1.65. The Balaban J connectivity index is 1.27. The second kappa shape index (κ2) is 8.49. The van der Waals surface area contributed by atoms with Crippen LogP contribution < -0.4 is 4.74 Å². The number of carbonyl (C=O) groups is 1. The molecule has 0 saturated carbocycles. The zero-order valence-corrected chi connectivity index (χ0v) is 17.8. The lowest BCUT2D eigenvalue weighted by molar-refractivity contribution is 0.0693. The highest BCUT2D eigenvalue weighted by Gasteiger charge is 2.29. The predicted molar refractivity (Wildman–Crippen MR) is 118 cm³/mol. The number of methoxy groups -OCH3 is 1. The molecule has 1 N–H and O–H groups in total. The van der Waals surface area contributed by atoms with Gasteiger partial charge in [0.15, 0.2) is 5.89 Å². The number of nitrogens with zero attached hydrogens (tertiary/aromatic N) is 2. The van der Waals surface area contributed by atoms with Crippen LogP contribution in [0.25, 0.3) is 10.9 Å². The van der Waals surface area contributed by atoms with Crippen molar-refractivity contribution in [3.05, 3.63) is 83.5 Å². The number of hydrogen-bond donors (Lipinski definition) is 1. The third-order valence-corrected chi connectivity index (χ3v) is 5.98. The van der Waals surface area contributed by atoms with Gasteiger partial charge < -0.3 is 19.0 Å². The van der Waals surface area contributed by atoms with Crippen molar-refractivity contribution < 1.29 is 18.3 Å². The number of carbonyl (C=O) groups excluding carboxylic acids is 1. The molecule has 1 aliphatic rings. The number of amides is 1. The van der Waals surface area contributed by atoms with Crippen LogP contribution in [0.3, 0.4) is 0 Å². The van der Waals surface area contributed by atoms with Crippen LogP contribution in [-0.2, 0) is 6.42 Å². The molecule has 0 radical (unpaired) electrons. The van der Waals surface area contributed by atoms with E-state index in [4.69, 9.17) is 9.15 Å². The van der Waals surface area contributed by atoms with Crippen LogP contribution in [0.2, 0.25) is 0 Å². The van der Waals surface area contributed by atoms with E-state index in [-0.39, 0.29) is 17.6 Å². The monoisotopic (exact) mass is 433 g/mol. The molecule has 3 heterocycles. The van der Waals surface area contributed by atoms with Gasteiger partial charge in [0.1, 0.15) is 23.0 Å². The van der Waals surface area contributed by atoms with Gasteiger partial charge in [-0.25, -0.2) is 9.37 Å². The number of H-pyrrole nitrogens is 1. The molecule has 1 aliphatic heterocycles. The lowest BCUT2D eigenvalue weighted by atomic mass is 9.97. The average Bonchev–Trinajstić information content (AvgIpc) is 3.46. The Hall–Kier alpha value is -3.61. The molecule has 5 rings (SSSR count). The Labute approximate surface area is 185 Å². The number of ether oxygens (including phenoxy) is 1. The Bertz CT molecular complexity index is 1250. The molecule has 1 fully saturated rings. The van der Waals surface area contributed by atoms with E-state index in [1.54, 1.807) is 25.4 Å². The molecule has 2 aromatic heterocycles. The van der Waals surface area contributed by atoms with Crippen LogP contribution in [-0.4, -0.2) is 41.0 Å². The highest BCUT2D eigenvalue weighted by Crippen LogP contribution is 2.29. The quantitative estimate of drug-likeness (QED) is 0.485. The van der Waals surface area contributed by atoms with E-state index in [9.17, 15) is 9.18 Å². The zero-order chi connectivity index (χ0) is 22.1. The van der Waals surface area contributed by atoms with Crippen molar-refractivity contribution in [3.63, 3.8) is 0 Å². The molecule has 1 saturated heterocycles. The van der Waals surface area contributed by atoms with E-state index >= 15 is 0 Å². The number of benzene rings is 2. The molecular formula is C25H24FN3O3. The first-order valence-electron chi connectivity index (χ1n) is 10.7.